The van der Waals surface area contributed by atoms with Crippen LogP contribution in [0.25, 0.3) is 0 Å². The van der Waals surface area contributed by atoms with Gasteiger partial charge in [-0.05, 0) is 59.7 Å². The highest BCUT2D eigenvalue weighted by atomic mass is 16.3. The van der Waals surface area contributed by atoms with E-state index < -0.39 is 0 Å². The molecule has 1 aliphatic heterocycles. The summed E-state index contributed by atoms with van der Waals surface area (Å²) in [5.74, 6) is 0.235. The molecule has 0 bridgehead atoms. The fourth-order valence-electron chi connectivity index (χ4n) is 3.93. The Bertz CT molecular complexity index is 723. The minimum Gasteiger partial charge on any atom is -0.504 e. The maximum Gasteiger partial charge on any atom is 0.157 e. The van der Waals surface area contributed by atoms with E-state index in [0.717, 1.165) is 30.5 Å². The Morgan fingerprint density at radius 1 is 1.10 bits per heavy atom. The summed E-state index contributed by atoms with van der Waals surface area (Å²) in [5, 5.41) is 23.3. The van der Waals surface area contributed by atoms with Crippen molar-refractivity contribution < 1.29 is 10.2 Å². The first-order valence-corrected chi connectivity index (χ1v) is 7.51. The number of fused-ring (bicyclic) bond motifs is 5. The van der Waals surface area contributed by atoms with Gasteiger partial charge >= 0.3 is 0 Å². The predicted octanol–water partition coefficient (Wildman–Crippen LogP) is 2.96. The second-order valence-electron chi connectivity index (χ2n) is 6.19. The summed E-state index contributed by atoms with van der Waals surface area (Å²) in [7, 11) is 0. The van der Waals surface area contributed by atoms with Gasteiger partial charge in [-0.15, -0.1) is 0 Å². The van der Waals surface area contributed by atoms with Crippen molar-refractivity contribution in [1.82, 2.24) is 5.32 Å². The summed E-state index contributed by atoms with van der Waals surface area (Å²) in [6.45, 7) is 3.07. The van der Waals surface area contributed by atoms with Crippen LogP contribution in [0.5, 0.6) is 11.5 Å². The van der Waals surface area contributed by atoms with Gasteiger partial charge in [0, 0.05) is 18.5 Å². The van der Waals surface area contributed by atoms with E-state index in [1.165, 1.54) is 16.7 Å². The first-order chi connectivity index (χ1) is 10.1. The molecule has 0 amide bonds. The SMILES string of the molecule is Cc1cccc2c1CN[C@H]1CCc3cc(O)c(O)cc3[C@H]21. The van der Waals surface area contributed by atoms with Gasteiger partial charge in [0.2, 0.25) is 0 Å². The fourth-order valence-corrected chi connectivity index (χ4v) is 3.93. The van der Waals surface area contributed by atoms with E-state index in [0.29, 0.717) is 6.04 Å². The second kappa shape index (κ2) is 4.50. The number of nitrogens with one attached hydrogen (secondary N) is 1. The Morgan fingerprint density at radius 3 is 2.76 bits per heavy atom. The lowest BCUT2D eigenvalue weighted by molar-refractivity contribution is 0.379. The van der Waals surface area contributed by atoms with Gasteiger partial charge in [-0.2, -0.15) is 0 Å². The Labute approximate surface area is 124 Å². The van der Waals surface area contributed by atoms with Gasteiger partial charge in [0.05, 0.1) is 0 Å². The average molecular weight is 281 g/mol. The minimum atomic E-state index is -0.0193. The minimum absolute atomic E-state index is 0.0135. The molecule has 108 valence electrons. The molecule has 2 atom stereocenters. The van der Waals surface area contributed by atoms with Crippen molar-refractivity contribution in [2.24, 2.45) is 0 Å². The number of hydrogen-bond acceptors (Lipinski definition) is 3. The van der Waals surface area contributed by atoms with Crippen LogP contribution in [0, 0.1) is 6.92 Å². The van der Waals surface area contributed by atoms with Crippen molar-refractivity contribution >= 4 is 0 Å². The maximum atomic E-state index is 9.90. The largest absolute Gasteiger partial charge is 0.504 e. The third-order valence-corrected chi connectivity index (χ3v) is 5.02. The molecular formula is C18H19NO2. The topological polar surface area (TPSA) is 52.5 Å². The monoisotopic (exact) mass is 281 g/mol. The zero-order chi connectivity index (χ0) is 14.6. The number of phenolic OH excluding ortho intramolecular Hbond substituents is 2. The third kappa shape index (κ3) is 1.84. The van der Waals surface area contributed by atoms with Crippen LogP contribution < -0.4 is 5.32 Å². The standard InChI is InChI=1S/C18H19NO2/c1-10-3-2-4-12-14(10)9-19-15-6-5-11-7-16(20)17(21)8-13(11)18(12)15/h2-4,7-8,15,18-21H,5-6,9H2,1H3/t15-,18-/m0/s1. The van der Waals surface area contributed by atoms with Crippen molar-refractivity contribution in [3.8, 4) is 11.5 Å². The molecule has 3 heteroatoms. The van der Waals surface area contributed by atoms with E-state index in [2.05, 4.69) is 30.4 Å². The van der Waals surface area contributed by atoms with E-state index in [1.54, 1.807) is 12.1 Å². The smallest absolute Gasteiger partial charge is 0.157 e. The summed E-state index contributed by atoms with van der Waals surface area (Å²) >= 11 is 0. The van der Waals surface area contributed by atoms with Gasteiger partial charge in [0.25, 0.3) is 0 Å². The molecule has 0 fully saturated rings. The molecule has 3 N–H and O–H groups in total. The van der Waals surface area contributed by atoms with Crippen LogP contribution in [-0.4, -0.2) is 16.3 Å². The Kier molecular flexibility index (Phi) is 2.73. The highest BCUT2D eigenvalue weighted by Gasteiger charge is 2.35. The average Bonchev–Trinajstić information content (AvgIpc) is 2.48. The van der Waals surface area contributed by atoms with E-state index in [-0.39, 0.29) is 17.4 Å². The van der Waals surface area contributed by atoms with Crippen LogP contribution >= 0.6 is 0 Å². The zero-order valence-corrected chi connectivity index (χ0v) is 12.1. The molecule has 0 spiro atoms. The van der Waals surface area contributed by atoms with Crippen LogP contribution in [0.3, 0.4) is 0 Å². The molecular weight excluding hydrogens is 262 g/mol. The zero-order valence-electron chi connectivity index (χ0n) is 12.1. The molecule has 3 nitrogen and oxygen atoms in total. The van der Waals surface area contributed by atoms with Crippen LogP contribution in [0.2, 0.25) is 0 Å². The highest BCUT2D eigenvalue weighted by Crippen LogP contribution is 2.44. The first kappa shape index (κ1) is 12.7. The first-order valence-electron chi connectivity index (χ1n) is 7.51. The molecule has 4 rings (SSSR count). The van der Waals surface area contributed by atoms with Crippen LogP contribution in [0.15, 0.2) is 30.3 Å². The van der Waals surface area contributed by atoms with Crippen molar-refractivity contribution in [2.45, 2.75) is 38.3 Å². The van der Waals surface area contributed by atoms with Gasteiger partial charge in [0.1, 0.15) is 0 Å². The molecule has 2 aromatic rings. The predicted molar refractivity (Wildman–Crippen MR) is 81.7 cm³/mol. The van der Waals surface area contributed by atoms with Gasteiger partial charge in [-0.1, -0.05) is 18.2 Å². The number of phenols is 2. The number of benzene rings is 2. The molecule has 0 unspecified atom stereocenters. The third-order valence-electron chi connectivity index (χ3n) is 5.02. The summed E-state index contributed by atoms with van der Waals surface area (Å²) in [6, 6.07) is 10.4. The maximum absolute atomic E-state index is 9.90. The quantitative estimate of drug-likeness (QED) is 0.651. The fraction of sp³-hybridized carbons (Fsp3) is 0.333. The van der Waals surface area contributed by atoms with Gasteiger partial charge < -0.3 is 15.5 Å². The van der Waals surface area contributed by atoms with Crippen LogP contribution in [-0.2, 0) is 13.0 Å². The molecule has 21 heavy (non-hydrogen) atoms. The highest BCUT2D eigenvalue weighted by molar-refractivity contribution is 5.54. The molecule has 0 saturated heterocycles. The summed E-state index contributed by atoms with van der Waals surface area (Å²) in [4.78, 5) is 0. The number of rotatable bonds is 0. The molecule has 0 saturated carbocycles. The van der Waals surface area contributed by atoms with Gasteiger partial charge in [-0.25, -0.2) is 0 Å². The molecule has 0 radical (unpaired) electrons. The summed E-state index contributed by atoms with van der Waals surface area (Å²) in [5.41, 5.74) is 6.36. The van der Waals surface area contributed by atoms with Crippen molar-refractivity contribution in [3.63, 3.8) is 0 Å². The Hall–Kier alpha value is -2.00. The van der Waals surface area contributed by atoms with Gasteiger partial charge in [0.15, 0.2) is 11.5 Å². The number of aryl methyl sites for hydroxylation is 2. The summed E-state index contributed by atoms with van der Waals surface area (Å²) in [6.07, 6.45) is 2.01. The van der Waals surface area contributed by atoms with E-state index in [1.807, 2.05) is 0 Å². The molecule has 1 heterocycles. The van der Waals surface area contributed by atoms with Gasteiger partial charge in [-0.3, -0.25) is 0 Å². The van der Waals surface area contributed by atoms with Crippen LogP contribution in [0.1, 0.15) is 40.2 Å². The normalized spacial score (nSPS) is 23.1. The number of hydrogen-bond donors (Lipinski definition) is 3. The molecule has 2 aromatic carbocycles. The Balaban J connectivity index is 1.93. The lowest BCUT2D eigenvalue weighted by atomic mass is 9.72. The lowest BCUT2D eigenvalue weighted by Gasteiger charge is -2.40. The second-order valence-corrected chi connectivity index (χ2v) is 6.19. The van der Waals surface area contributed by atoms with Crippen molar-refractivity contribution in [1.29, 1.82) is 0 Å². The lowest BCUT2D eigenvalue weighted by Crippen LogP contribution is -2.42. The van der Waals surface area contributed by atoms with Crippen LogP contribution in [0.4, 0.5) is 0 Å². The van der Waals surface area contributed by atoms with E-state index in [4.69, 9.17) is 0 Å². The van der Waals surface area contributed by atoms with E-state index >= 15 is 0 Å². The molecule has 1 aliphatic carbocycles. The number of aromatic hydroxyl groups is 2. The summed E-state index contributed by atoms with van der Waals surface area (Å²) < 4.78 is 0. The Morgan fingerprint density at radius 2 is 1.90 bits per heavy atom. The molecule has 0 aromatic heterocycles. The van der Waals surface area contributed by atoms with Crippen molar-refractivity contribution in [2.75, 3.05) is 0 Å². The molecule has 2 aliphatic rings. The van der Waals surface area contributed by atoms with E-state index in [9.17, 15) is 10.2 Å². The van der Waals surface area contributed by atoms with Crippen molar-refractivity contribution in [3.05, 3.63) is 58.1 Å².